The lowest BCUT2D eigenvalue weighted by Gasteiger charge is -2.19. The SMILES string of the molecule is C(=Cc1cc(-c2cccc3c2sc2ccccc23)c2ccc3ccc(-c4cccc5c4sc4ccccc45)c4ccc1c2c34)c1ccccc1. The molecule has 0 nitrogen and oxygen atoms in total. The van der Waals surface area contributed by atoms with Crippen molar-refractivity contribution in [3.8, 4) is 22.3 Å². The van der Waals surface area contributed by atoms with E-state index in [-0.39, 0.29) is 0 Å². The van der Waals surface area contributed by atoms with E-state index in [4.69, 9.17) is 0 Å². The molecular weight excluding hydrogens is 641 g/mol. The topological polar surface area (TPSA) is 0 Å². The maximum Gasteiger partial charge on any atom is 0.0434 e. The Hall–Kier alpha value is -5.80. The van der Waals surface area contributed by atoms with Gasteiger partial charge in [-0.05, 0) is 72.8 Å². The zero-order valence-electron chi connectivity index (χ0n) is 27.0. The molecule has 0 unspecified atom stereocenters. The normalized spacial score (nSPS) is 12.3. The summed E-state index contributed by atoms with van der Waals surface area (Å²) in [4.78, 5) is 0. The van der Waals surface area contributed by atoms with Gasteiger partial charge in [-0.1, -0.05) is 152 Å². The van der Waals surface area contributed by atoms with E-state index >= 15 is 0 Å². The molecule has 0 aliphatic carbocycles. The van der Waals surface area contributed by atoms with Gasteiger partial charge in [0.1, 0.15) is 0 Å². The number of hydrogen-bond donors (Lipinski definition) is 0. The molecule has 0 aliphatic rings. The second-order valence-corrected chi connectivity index (χ2v) is 15.3. The molecule has 0 spiro atoms. The summed E-state index contributed by atoms with van der Waals surface area (Å²) in [5, 5.41) is 13.2. The minimum Gasteiger partial charge on any atom is -0.135 e. The zero-order chi connectivity index (χ0) is 32.8. The quantitative estimate of drug-likeness (QED) is 0.129. The van der Waals surface area contributed by atoms with E-state index in [0.29, 0.717) is 0 Å². The first kappa shape index (κ1) is 28.1. The summed E-state index contributed by atoms with van der Waals surface area (Å²) < 4.78 is 5.37. The Kier molecular flexibility index (Phi) is 6.09. The van der Waals surface area contributed by atoms with Crippen LogP contribution in [0.15, 0.2) is 158 Å². The smallest absolute Gasteiger partial charge is 0.0434 e. The maximum atomic E-state index is 2.43. The van der Waals surface area contributed by atoms with Crippen LogP contribution in [-0.2, 0) is 0 Å². The average Bonchev–Trinajstić information content (AvgIpc) is 3.75. The molecule has 0 saturated carbocycles. The largest absolute Gasteiger partial charge is 0.135 e. The van der Waals surface area contributed by atoms with Crippen LogP contribution in [0.5, 0.6) is 0 Å². The minimum absolute atomic E-state index is 1.20. The number of benzene rings is 9. The molecule has 11 rings (SSSR count). The third-order valence-electron chi connectivity index (χ3n) is 10.5. The van der Waals surface area contributed by atoms with Crippen LogP contribution in [0, 0.1) is 0 Å². The molecule has 0 fully saturated rings. The number of hydrogen-bond acceptors (Lipinski definition) is 2. The van der Waals surface area contributed by atoms with Crippen LogP contribution in [0.3, 0.4) is 0 Å². The van der Waals surface area contributed by atoms with Gasteiger partial charge in [0.25, 0.3) is 0 Å². The molecule has 0 bridgehead atoms. The molecule has 2 heteroatoms. The summed E-state index contributed by atoms with van der Waals surface area (Å²) in [5.41, 5.74) is 7.62. The van der Waals surface area contributed by atoms with E-state index in [1.54, 1.807) is 0 Å². The highest BCUT2D eigenvalue weighted by molar-refractivity contribution is 7.26. The van der Waals surface area contributed by atoms with E-state index < -0.39 is 0 Å². The van der Waals surface area contributed by atoms with Gasteiger partial charge in [0, 0.05) is 51.5 Å². The molecule has 2 heterocycles. The first-order valence-electron chi connectivity index (χ1n) is 17.1. The van der Waals surface area contributed by atoms with Gasteiger partial charge in [0.05, 0.1) is 0 Å². The lowest BCUT2D eigenvalue weighted by Crippen LogP contribution is -1.92. The van der Waals surface area contributed by atoms with Crippen molar-refractivity contribution in [3.63, 3.8) is 0 Å². The molecule has 2 aromatic heterocycles. The highest BCUT2D eigenvalue weighted by Gasteiger charge is 2.20. The van der Waals surface area contributed by atoms with Crippen LogP contribution in [0.25, 0.3) is 107 Å². The third kappa shape index (κ3) is 4.10. The molecular formula is C48H28S2. The summed E-state index contributed by atoms with van der Waals surface area (Å²) in [6.07, 6.45) is 4.57. The molecule has 0 atom stereocenters. The van der Waals surface area contributed by atoms with Crippen molar-refractivity contribution in [2.75, 3.05) is 0 Å². The summed E-state index contributed by atoms with van der Waals surface area (Å²) in [6.45, 7) is 0. The molecule has 50 heavy (non-hydrogen) atoms. The fourth-order valence-corrected chi connectivity index (χ4v) is 10.6. The second-order valence-electron chi connectivity index (χ2n) is 13.2. The van der Waals surface area contributed by atoms with Crippen LogP contribution in [-0.4, -0.2) is 0 Å². The van der Waals surface area contributed by atoms with Gasteiger partial charge in [-0.15, -0.1) is 22.7 Å². The summed E-state index contributed by atoms with van der Waals surface area (Å²) >= 11 is 3.81. The third-order valence-corrected chi connectivity index (χ3v) is 12.9. The molecule has 0 radical (unpaired) electrons. The van der Waals surface area contributed by atoms with Crippen molar-refractivity contribution < 1.29 is 0 Å². The molecule has 232 valence electrons. The maximum absolute atomic E-state index is 2.43. The second kappa shape index (κ2) is 10.9. The lowest BCUT2D eigenvalue weighted by atomic mass is 9.85. The summed E-state index contributed by atoms with van der Waals surface area (Å²) in [7, 11) is 0. The van der Waals surface area contributed by atoms with Crippen LogP contribution >= 0.6 is 22.7 Å². The fourth-order valence-electron chi connectivity index (χ4n) is 8.19. The zero-order valence-corrected chi connectivity index (χ0v) is 28.6. The fraction of sp³-hybridized carbons (Fsp3) is 0. The van der Waals surface area contributed by atoms with Crippen LogP contribution in [0.2, 0.25) is 0 Å². The van der Waals surface area contributed by atoms with Gasteiger partial charge >= 0.3 is 0 Å². The predicted octanol–water partition coefficient (Wildman–Crippen LogP) is 14.8. The van der Waals surface area contributed by atoms with Crippen molar-refractivity contribution in [2.45, 2.75) is 0 Å². The van der Waals surface area contributed by atoms with Crippen molar-refractivity contribution >= 4 is 107 Å². The monoisotopic (exact) mass is 668 g/mol. The van der Waals surface area contributed by atoms with Crippen molar-refractivity contribution in [2.24, 2.45) is 0 Å². The minimum atomic E-state index is 1.20. The highest BCUT2D eigenvalue weighted by Crippen LogP contribution is 2.48. The van der Waals surface area contributed by atoms with Gasteiger partial charge in [-0.2, -0.15) is 0 Å². The Balaban J connectivity index is 1.24. The highest BCUT2D eigenvalue weighted by atomic mass is 32.1. The molecule has 11 aromatic rings. The van der Waals surface area contributed by atoms with E-state index in [9.17, 15) is 0 Å². The van der Waals surface area contributed by atoms with Gasteiger partial charge in [0.15, 0.2) is 0 Å². The number of thiophene rings is 2. The summed E-state index contributed by atoms with van der Waals surface area (Å²) in [5.74, 6) is 0. The number of fused-ring (bicyclic) bond motifs is 6. The van der Waals surface area contributed by atoms with Gasteiger partial charge in [-0.3, -0.25) is 0 Å². The predicted molar refractivity (Wildman–Crippen MR) is 222 cm³/mol. The van der Waals surface area contributed by atoms with E-state index in [2.05, 4.69) is 170 Å². The molecule has 0 aliphatic heterocycles. The van der Waals surface area contributed by atoms with Crippen molar-refractivity contribution in [1.29, 1.82) is 0 Å². The average molecular weight is 669 g/mol. The van der Waals surface area contributed by atoms with Gasteiger partial charge < -0.3 is 0 Å². The van der Waals surface area contributed by atoms with E-state index in [1.165, 1.54) is 106 Å². The van der Waals surface area contributed by atoms with Crippen LogP contribution < -0.4 is 0 Å². The Bertz CT molecular complexity index is 3140. The van der Waals surface area contributed by atoms with Gasteiger partial charge in [0.2, 0.25) is 0 Å². The molecule has 0 saturated heterocycles. The molecule has 9 aromatic carbocycles. The van der Waals surface area contributed by atoms with E-state index in [0.717, 1.165) is 0 Å². The van der Waals surface area contributed by atoms with Gasteiger partial charge in [-0.25, -0.2) is 0 Å². The first-order valence-corrected chi connectivity index (χ1v) is 18.7. The first-order chi connectivity index (χ1) is 24.8. The van der Waals surface area contributed by atoms with Crippen LogP contribution in [0.1, 0.15) is 11.1 Å². The Morgan fingerprint density at radius 3 is 1.62 bits per heavy atom. The standard InChI is InChI=1S/C48H28S2/c1-2-10-29(11-3-1)20-21-31-28-42(41-17-9-16-40-35-13-5-7-19-44(35)50-48(40)41)37-25-23-30-22-24-33(36-27-26-32(31)46(37)45(30)36)38-14-8-15-39-34-12-4-6-18-43(34)49-47(38)39/h1-28H. The summed E-state index contributed by atoms with van der Waals surface area (Å²) in [6, 6.07) is 58.5. The Labute approximate surface area is 297 Å². The van der Waals surface area contributed by atoms with Crippen molar-refractivity contribution in [3.05, 3.63) is 169 Å². The van der Waals surface area contributed by atoms with Crippen LogP contribution in [0.4, 0.5) is 0 Å². The Morgan fingerprint density at radius 1 is 0.340 bits per heavy atom. The Morgan fingerprint density at radius 2 is 0.900 bits per heavy atom. The molecule has 0 N–H and O–H groups in total. The number of rotatable bonds is 4. The van der Waals surface area contributed by atoms with E-state index in [1.807, 2.05) is 22.7 Å². The molecule has 0 amide bonds. The van der Waals surface area contributed by atoms with Crippen molar-refractivity contribution in [1.82, 2.24) is 0 Å². The lowest BCUT2D eigenvalue weighted by molar-refractivity contribution is 1.66.